The lowest BCUT2D eigenvalue weighted by Gasteiger charge is -2.28. The molecular weight excluding hydrogens is 302 g/mol. The van der Waals surface area contributed by atoms with Crippen LogP contribution in [-0.4, -0.2) is 31.6 Å². The van der Waals surface area contributed by atoms with Crippen LogP contribution in [0.3, 0.4) is 0 Å². The van der Waals surface area contributed by atoms with Crippen molar-refractivity contribution in [1.29, 1.82) is 0 Å². The first-order valence-corrected chi connectivity index (χ1v) is 8.14. The summed E-state index contributed by atoms with van der Waals surface area (Å²) in [7, 11) is 3.08. The van der Waals surface area contributed by atoms with Gasteiger partial charge in [-0.3, -0.25) is 4.90 Å². The smallest absolute Gasteiger partial charge is 0.337 e. The van der Waals surface area contributed by atoms with Crippen LogP contribution in [0.1, 0.15) is 41.4 Å². The summed E-state index contributed by atoms with van der Waals surface area (Å²) < 4.78 is 10.1. The molecular formula is C20H25NO3. The highest BCUT2D eigenvalue weighted by Crippen LogP contribution is 2.25. The van der Waals surface area contributed by atoms with Crippen LogP contribution >= 0.6 is 0 Å². The number of nitrogens with zero attached hydrogens (tertiary/aromatic N) is 1. The Bertz CT molecular complexity index is 667. The topological polar surface area (TPSA) is 38.8 Å². The van der Waals surface area contributed by atoms with Gasteiger partial charge in [-0.2, -0.15) is 0 Å². The molecule has 4 heteroatoms. The fourth-order valence-corrected chi connectivity index (χ4v) is 2.73. The van der Waals surface area contributed by atoms with Crippen molar-refractivity contribution in [3.8, 4) is 5.75 Å². The Kier molecular flexibility index (Phi) is 6.38. The summed E-state index contributed by atoms with van der Waals surface area (Å²) in [5.41, 5.74) is 2.96. The van der Waals surface area contributed by atoms with E-state index < -0.39 is 0 Å². The quantitative estimate of drug-likeness (QED) is 0.719. The number of methoxy groups -OCH3 is 2. The molecule has 24 heavy (non-hydrogen) atoms. The Balaban J connectivity index is 2.11. The van der Waals surface area contributed by atoms with E-state index in [0.717, 1.165) is 18.8 Å². The van der Waals surface area contributed by atoms with E-state index >= 15 is 0 Å². The molecule has 1 atom stereocenters. The van der Waals surface area contributed by atoms with Crippen molar-refractivity contribution in [3.63, 3.8) is 0 Å². The van der Waals surface area contributed by atoms with Crippen molar-refractivity contribution in [2.45, 2.75) is 26.4 Å². The second-order valence-corrected chi connectivity index (χ2v) is 5.70. The van der Waals surface area contributed by atoms with Gasteiger partial charge in [-0.15, -0.1) is 0 Å². The van der Waals surface area contributed by atoms with E-state index in [2.05, 4.69) is 30.9 Å². The summed E-state index contributed by atoms with van der Waals surface area (Å²) >= 11 is 0. The minimum absolute atomic E-state index is 0.269. The number of carbonyl (C=O) groups excluding carboxylic acids is 1. The lowest BCUT2D eigenvalue weighted by Crippen LogP contribution is -2.26. The van der Waals surface area contributed by atoms with Crippen LogP contribution < -0.4 is 4.74 Å². The molecule has 0 aliphatic rings. The third-order valence-corrected chi connectivity index (χ3v) is 4.29. The predicted molar refractivity (Wildman–Crippen MR) is 95.3 cm³/mol. The number of benzene rings is 2. The zero-order chi connectivity index (χ0) is 17.5. The minimum Gasteiger partial charge on any atom is -0.497 e. The van der Waals surface area contributed by atoms with E-state index in [-0.39, 0.29) is 12.0 Å². The molecule has 4 nitrogen and oxygen atoms in total. The van der Waals surface area contributed by atoms with Crippen molar-refractivity contribution in [2.24, 2.45) is 0 Å². The molecule has 0 aliphatic carbocycles. The number of carbonyl (C=O) groups is 1. The van der Waals surface area contributed by atoms with E-state index in [1.807, 2.05) is 36.4 Å². The van der Waals surface area contributed by atoms with E-state index in [0.29, 0.717) is 5.56 Å². The zero-order valence-corrected chi connectivity index (χ0v) is 14.8. The van der Waals surface area contributed by atoms with Crippen molar-refractivity contribution >= 4 is 5.97 Å². The fourth-order valence-electron chi connectivity index (χ4n) is 2.73. The minimum atomic E-state index is -0.307. The second kappa shape index (κ2) is 8.50. The van der Waals surface area contributed by atoms with E-state index in [1.165, 1.54) is 18.2 Å². The number of esters is 1. The van der Waals surface area contributed by atoms with Gasteiger partial charge in [0.1, 0.15) is 5.75 Å². The number of hydrogen-bond acceptors (Lipinski definition) is 4. The molecule has 0 aromatic heterocycles. The molecule has 2 aromatic rings. The molecule has 0 heterocycles. The maximum Gasteiger partial charge on any atom is 0.337 e. The predicted octanol–water partition coefficient (Wildman–Crippen LogP) is 4.06. The zero-order valence-electron chi connectivity index (χ0n) is 14.8. The normalized spacial score (nSPS) is 12.0. The van der Waals surface area contributed by atoms with Gasteiger partial charge in [-0.05, 0) is 48.9 Å². The largest absolute Gasteiger partial charge is 0.497 e. The molecule has 0 amide bonds. The van der Waals surface area contributed by atoms with Gasteiger partial charge in [0.15, 0.2) is 0 Å². The molecule has 0 fully saturated rings. The van der Waals surface area contributed by atoms with Gasteiger partial charge >= 0.3 is 5.97 Å². The third kappa shape index (κ3) is 4.36. The summed E-state index contributed by atoms with van der Waals surface area (Å²) in [6, 6.07) is 16.0. The molecule has 2 rings (SSSR count). The van der Waals surface area contributed by atoms with Gasteiger partial charge in [-0.1, -0.05) is 31.2 Å². The summed E-state index contributed by atoms with van der Waals surface area (Å²) in [5.74, 6) is 0.566. The maximum absolute atomic E-state index is 11.5. The molecule has 0 bridgehead atoms. The molecule has 2 aromatic carbocycles. The SMILES string of the molecule is CCN(Cc1ccc(C(=O)OC)cc1)C(C)c1cccc(OC)c1. The van der Waals surface area contributed by atoms with Crippen LogP contribution in [0.25, 0.3) is 0 Å². The first kappa shape index (κ1) is 18.0. The highest BCUT2D eigenvalue weighted by Gasteiger charge is 2.15. The molecule has 0 saturated heterocycles. The molecule has 0 radical (unpaired) electrons. The monoisotopic (exact) mass is 327 g/mol. The Labute approximate surface area is 144 Å². The molecule has 0 spiro atoms. The van der Waals surface area contributed by atoms with Gasteiger partial charge in [-0.25, -0.2) is 4.79 Å². The first-order chi connectivity index (χ1) is 11.6. The van der Waals surface area contributed by atoms with Crippen molar-refractivity contribution < 1.29 is 14.3 Å². The molecule has 0 aliphatic heterocycles. The van der Waals surface area contributed by atoms with E-state index in [9.17, 15) is 4.79 Å². The summed E-state index contributed by atoms with van der Waals surface area (Å²) in [6.07, 6.45) is 0. The van der Waals surface area contributed by atoms with Gasteiger partial charge in [0.05, 0.1) is 19.8 Å². The molecule has 0 N–H and O–H groups in total. The van der Waals surface area contributed by atoms with Crippen LogP contribution in [-0.2, 0) is 11.3 Å². The standard InChI is InChI=1S/C20H25NO3/c1-5-21(15(2)18-7-6-8-19(13-18)23-3)14-16-9-11-17(12-10-16)20(22)24-4/h6-13,15H,5,14H2,1-4H3. The Morgan fingerprint density at radius 2 is 1.83 bits per heavy atom. The van der Waals surface area contributed by atoms with Crippen LogP contribution in [0.4, 0.5) is 0 Å². The molecule has 128 valence electrons. The van der Waals surface area contributed by atoms with Crippen molar-refractivity contribution in [3.05, 3.63) is 65.2 Å². The molecule has 1 unspecified atom stereocenters. The maximum atomic E-state index is 11.5. The Morgan fingerprint density at radius 1 is 1.12 bits per heavy atom. The third-order valence-electron chi connectivity index (χ3n) is 4.29. The van der Waals surface area contributed by atoms with Crippen molar-refractivity contribution in [1.82, 2.24) is 4.90 Å². The van der Waals surface area contributed by atoms with E-state index in [4.69, 9.17) is 9.47 Å². The lowest BCUT2D eigenvalue weighted by molar-refractivity contribution is 0.0600. The first-order valence-electron chi connectivity index (χ1n) is 8.14. The van der Waals surface area contributed by atoms with Gasteiger partial charge in [0.2, 0.25) is 0 Å². The van der Waals surface area contributed by atoms with Crippen LogP contribution in [0.5, 0.6) is 5.75 Å². The average Bonchev–Trinajstić information content (AvgIpc) is 2.65. The average molecular weight is 327 g/mol. The number of rotatable bonds is 7. The van der Waals surface area contributed by atoms with Gasteiger partial charge in [0, 0.05) is 12.6 Å². The summed E-state index contributed by atoms with van der Waals surface area (Å²) in [5, 5.41) is 0. The van der Waals surface area contributed by atoms with Crippen molar-refractivity contribution in [2.75, 3.05) is 20.8 Å². The highest BCUT2D eigenvalue weighted by atomic mass is 16.5. The van der Waals surface area contributed by atoms with Gasteiger partial charge < -0.3 is 9.47 Å². The van der Waals surface area contributed by atoms with Crippen LogP contribution in [0.2, 0.25) is 0 Å². The summed E-state index contributed by atoms with van der Waals surface area (Å²) in [4.78, 5) is 13.9. The number of ether oxygens (including phenoxy) is 2. The van der Waals surface area contributed by atoms with Crippen LogP contribution in [0, 0.1) is 0 Å². The highest BCUT2D eigenvalue weighted by molar-refractivity contribution is 5.89. The van der Waals surface area contributed by atoms with Crippen LogP contribution in [0.15, 0.2) is 48.5 Å². The van der Waals surface area contributed by atoms with E-state index in [1.54, 1.807) is 7.11 Å². The summed E-state index contributed by atoms with van der Waals surface area (Å²) in [6.45, 7) is 6.09. The fraction of sp³-hybridized carbons (Fsp3) is 0.350. The lowest BCUT2D eigenvalue weighted by atomic mass is 10.0. The van der Waals surface area contributed by atoms with Gasteiger partial charge in [0.25, 0.3) is 0 Å². The Hall–Kier alpha value is -2.33. The molecule has 0 saturated carbocycles. The number of hydrogen-bond donors (Lipinski definition) is 0. The Morgan fingerprint density at radius 3 is 2.42 bits per heavy atom. The second-order valence-electron chi connectivity index (χ2n) is 5.70.